The summed E-state index contributed by atoms with van der Waals surface area (Å²) >= 11 is 6.17. The number of benzene rings is 2. The SMILES string of the molecule is CCNC(=O)CN(Cc1ccccc1Cl)S(=O)(=O)c1ccc(NC(C)=O)cc1. The van der Waals surface area contributed by atoms with Crippen LogP contribution >= 0.6 is 11.6 Å². The third kappa shape index (κ3) is 5.79. The fourth-order valence-electron chi connectivity index (χ4n) is 2.52. The lowest BCUT2D eigenvalue weighted by atomic mass is 10.2. The van der Waals surface area contributed by atoms with Gasteiger partial charge in [0, 0.05) is 30.7 Å². The molecule has 0 radical (unpaired) electrons. The molecule has 9 heteroatoms. The van der Waals surface area contributed by atoms with Crippen molar-refractivity contribution < 1.29 is 18.0 Å². The molecule has 0 unspecified atom stereocenters. The molecule has 2 aromatic carbocycles. The van der Waals surface area contributed by atoms with Crippen molar-refractivity contribution in [2.75, 3.05) is 18.4 Å². The Morgan fingerprint density at radius 1 is 1.07 bits per heavy atom. The molecule has 0 saturated heterocycles. The van der Waals surface area contributed by atoms with Crippen LogP contribution in [0.3, 0.4) is 0 Å². The normalized spacial score (nSPS) is 11.3. The van der Waals surface area contributed by atoms with Crippen molar-refractivity contribution in [3.05, 3.63) is 59.1 Å². The minimum Gasteiger partial charge on any atom is -0.355 e. The molecule has 150 valence electrons. The molecular formula is C19H22ClN3O4S. The van der Waals surface area contributed by atoms with Crippen LogP contribution < -0.4 is 10.6 Å². The van der Waals surface area contributed by atoms with Gasteiger partial charge in [-0.25, -0.2) is 8.42 Å². The Morgan fingerprint density at radius 3 is 2.29 bits per heavy atom. The number of anilines is 1. The van der Waals surface area contributed by atoms with Crippen LogP contribution in [0.4, 0.5) is 5.69 Å². The molecule has 2 aromatic rings. The molecule has 0 heterocycles. The number of sulfonamides is 1. The smallest absolute Gasteiger partial charge is 0.243 e. The van der Waals surface area contributed by atoms with Gasteiger partial charge in [0.05, 0.1) is 11.4 Å². The number of hydrogen-bond donors (Lipinski definition) is 2. The summed E-state index contributed by atoms with van der Waals surface area (Å²) in [6.07, 6.45) is 0. The highest BCUT2D eigenvalue weighted by Gasteiger charge is 2.27. The Hall–Kier alpha value is -2.42. The molecule has 0 aliphatic carbocycles. The fourth-order valence-corrected chi connectivity index (χ4v) is 4.09. The van der Waals surface area contributed by atoms with Crippen molar-refractivity contribution in [1.29, 1.82) is 0 Å². The molecule has 0 aromatic heterocycles. The molecule has 7 nitrogen and oxygen atoms in total. The highest BCUT2D eigenvalue weighted by Crippen LogP contribution is 2.23. The first-order valence-corrected chi connectivity index (χ1v) is 10.4. The van der Waals surface area contributed by atoms with Gasteiger partial charge in [-0.05, 0) is 42.8 Å². The number of hydrogen-bond acceptors (Lipinski definition) is 4. The molecule has 0 aliphatic rings. The van der Waals surface area contributed by atoms with Crippen LogP contribution in [0.2, 0.25) is 5.02 Å². The van der Waals surface area contributed by atoms with Crippen molar-refractivity contribution in [1.82, 2.24) is 9.62 Å². The van der Waals surface area contributed by atoms with Crippen LogP contribution in [0.1, 0.15) is 19.4 Å². The molecule has 2 rings (SSSR count). The lowest BCUT2D eigenvalue weighted by Crippen LogP contribution is -2.40. The van der Waals surface area contributed by atoms with E-state index >= 15 is 0 Å². The topological polar surface area (TPSA) is 95.6 Å². The lowest BCUT2D eigenvalue weighted by molar-refractivity contribution is -0.121. The Kier molecular flexibility index (Phi) is 7.56. The van der Waals surface area contributed by atoms with E-state index in [4.69, 9.17) is 11.6 Å². The minimum atomic E-state index is -3.97. The average molecular weight is 424 g/mol. The first kappa shape index (κ1) is 21.9. The van der Waals surface area contributed by atoms with E-state index in [1.807, 2.05) is 0 Å². The monoisotopic (exact) mass is 423 g/mol. The predicted molar refractivity (Wildman–Crippen MR) is 108 cm³/mol. The maximum Gasteiger partial charge on any atom is 0.243 e. The van der Waals surface area contributed by atoms with Gasteiger partial charge in [-0.1, -0.05) is 29.8 Å². The number of amides is 2. The summed E-state index contributed by atoms with van der Waals surface area (Å²) < 4.78 is 27.3. The Labute approximate surface area is 169 Å². The molecule has 0 bridgehead atoms. The van der Waals surface area contributed by atoms with Crippen LogP contribution in [-0.2, 0) is 26.2 Å². The predicted octanol–water partition coefficient (Wildman–Crippen LogP) is 2.63. The first-order valence-electron chi connectivity index (χ1n) is 8.62. The third-order valence-corrected chi connectivity index (χ3v) is 5.99. The zero-order valence-corrected chi connectivity index (χ0v) is 17.2. The van der Waals surface area contributed by atoms with Gasteiger partial charge >= 0.3 is 0 Å². The van der Waals surface area contributed by atoms with E-state index in [-0.39, 0.29) is 23.9 Å². The summed E-state index contributed by atoms with van der Waals surface area (Å²) in [6, 6.07) is 12.6. The van der Waals surface area contributed by atoms with Gasteiger partial charge < -0.3 is 10.6 Å². The molecule has 0 fully saturated rings. The second kappa shape index (κ2) is 9.68. The lowest BCUT2D eigenvalue weighted by Gasteiger charge is -2.22. The summed E-state index contributed by atoms with van der Waals surface area (Å²) in [5, 5.41) is 5.60. The van der Waals surface area contributed by atoms with Crippen molar-refractivity contribution in [3.8, 4) is 0 Å². The fraction of sp³-hybridized carbons (Fsp3) is 0.263. The van der Waals surface area contributed by atoms with E-state index in [1.165, 1.54) is 31.2 Å². The van der Waals surface area contributed by atoms with E-state index < -0.39 is 15.9 Å². The van der Waals surface area contributed by atoms with E-state index in [0.717, 1.165) is 4.31 Å². The molecule has 2 N–H and O–H groups in total. The third-order valence-electron chi connectivity index (χ3n) is 3.81. The molecule has 0 aliphatic heterocycles. The minimum absolute atomic E-state index is 0.0120. The summed E-state index contributed by atoms with van der Waals surface area (Å²) in [4.78, 5) is 23.2. The van der Waals surface area contributed by atoms with E-state index in [0.29, 0.717) is 22.8 Å². The second-order valence-electron chi connectivity index (χ2n) is 6.02. The van der Waals surface area contributed by atoms with Gasteiger partial charge in [-0.3, -0.25) is 9.59 Å². The van der Waals surface area contributed by atoms with Crippen LogP contribution in [-0.4, -0.2) is 37.6 Å². The van der Waals surface area contributed by atoms with Crippen LogP contribution in [0.15, 0.2) is 53.4 Å². The van der Waals surface area contributed by atoms with E-state index in [2.05, 4.69) is 10.6 Å². The van der Waals surface area contributed by atoms with Gasteiger partial charge in [-0.15, -0.1) is 0 Å². The second-order valence-corrected chi connectivity index (χ2v) is 8.37. The summed E-state index contributed by atoms with van der Waals surface area (Å²) in [5.74, 6) is -0.666. The molecule has 0 spiro atoms. The summed E-state index contributed by atoms with van der Waals surface area (Å²) in [7, 11) is -3.97. The number of halogens is 1. The standard InChI is InChI=1S/C19H22ClN3O4S/c1-3-21-19(25)13-23(12-15-6-4-5-7-18(15)20)28(26,27)17-10-8-16(9-11-17)22-14(2)24/h4-11H,3,12-13H2,1-2H3,(H,21,25)(H,22,24). The number of nitrogens with zero attached hydrogens (tertiary/aromatic N) is 1. The number of nitrogens with one attached hydrogen (secondary N) is 2. The Morgan fingerprint density at radius 2 is 1.71 bits per heavy atom. The van der Waals surface area contributed by atoms with E-state index in [9.17, 15) is 18.0 Å². The number of rotatable bonds is 8. The van der Waals surface area contributed by atoms with Gasteiger partial charge in [0.15, 0.2) is 0 Å². The van der Waals surface area contributed by atoms with E-state index in [1.54, 1.807) is 31.2 Å². The van der Waals surface area contributed by atoms with Crippen molar-refractivity contribution in [2.45, 2.75) is 25.3 Å². The zero-order valence-electron chi connectivity index (χ0n) is 15.6. The quantitative estimate of drug-likeness (QED) is 0.682. The largest absolute Gasteiger partial charge is 0.355 e. The highest BCUT2D eigenvalue weighted by atomic mass is 35.5. The van der Waals surface area contributed by atoms with Crippen molar-refractivity contribution in [3.63, 3.8) is 0 Å². The summed E-state index contributed by atoms with van der Waals surface area (Å²) in [6.45, 7) is 3.12. The van der Waals surface area contributed by atoms with Gasteiger partial charge in [0.1, 0.15) is 0 Å². The number of carbonyl (C=O) groups is 2. The zero-order chi connectivity index (χ0) is 20.7. The van der Waals surface area contributed by atoms with Crippen molar-refractivity contribution in [2.24, 2.45) is 0 Å². The van der Waals surface area contributed by atoms with Gasteiger partial charge in [-0.2, -0.15) is 4.31 Å². The summed E-state index contributed by atoms with van der Waals surface area (Å²) in [5.41, 5.74) is 1.07. The van der Waals surface area contributed by atoms with Crippen LogP contribution in [0.25, 0.3) is 0 Å². The van der Waals surface area contributed by atoms with Crippen LogP contribution in [0, 0.1) is 0 Å². The molecule has 28 heavy (non-hydrogen) atoms. The Balaban J connectivity index is 2.35. The van der Waals surface area contributed by atoms with Gasteiger partial charge in [0.2, 0.25) is 21.8 Å². The Bertz CT molecular complexity index is 946. The molecule has 2 amide bonds. The van der Waals surface area contributed by atoms with Crippen molar-refractivity contribution >= 4 is 39.1 Å². The maximum absolute atomic E-state index is 13.1. The molecule has 0 atom stereocenters. The van der Waals surface area contributed by atoms with Gasteiger partial charge in [0.25, 0.3) is 0 Å². The first-order chi connectivity index (χ1) is 13.2. The maximum atomic E-state index is 13.1. The highest BCUT2D eigenvalue weighted by molar-refractivity contribution is 7.89. The molecule has 0 saturated carbocycles. The number of carbonyl (C=O) groups excluding carboxylic acids is 2. The average Bonchev–Trinajstić information content (AvgIpc) is 2.63. The number of likely N-dealkylation sites (N-methyl/N-ethyl adjacent to an activating group) is 1. The molecular weight excluding hydrogens is 402 g/mol. The van der Waals surface area contributed by atoms with Crippen LogP contribution in [0.5, 0.6) is 0 Å².